The highest BCUT2D eigenvalue weighted by Gasteiger charge is 2.51. The van der Waals surface area contributed by atoms with Crippen LogP contribution in [-0.2, 0) is 10.7 Å². The van der Waals surface area contributed by atoms with Crippen LogP contribution in [0.5, 0.6) is 0 Å². The molecule has 0 spiro atoms. The first-order valence-corrected chi connectivity index (χ1v) is 9.37. The molecular formula is C15H27NO3S. The zero-order chi connectivity index (χ0) is 14.3. The van der Waals surface area contributed by atoms with Gasteiger partial charge >= 0.3 is 0 Å². The Labute approximate surface area is 123 Å². The van der Waals surface area contributed by atoms with Crippen molar-refractivity contribution in [2.75, 3.05) is 7.05 Å². The van der Waals surface area contributed by atoms with Gasteiger partial charge in [-0.05, 0) is 51.0 Å². The van der Waals surface area contributed by atoms with Gasteiger partial charge < -0.3 is 5.11 Å². The number of hydrogen-bond donors (Lipinski definition) is 2. The number of rotatable bonds is 3. The van der Waals surface area contributed by atoms with E-state index in [4.69, 9.17) is 0 Å². The van der Waals surface area contributed by atoms with Crippen molar-refractivity contribution in [3.8, 4) is 0 Å². The first-order valence-electron chi connectivity index (χ1n) is 8.13. The quantitative estimate of drug-likeness (QED) is 0.774. The molecule has 4 fully saturated rings. The number of aliphatic hydroxyl groups is 1. The molecule has 0 aromatic rings. The van der Waals surface area contributed by atoms with Crippen molar-refractivity contribution in [1.82, 2.24) is 4.90 Å². The SMILES string of the molecule is CN(C1CCCCC1)C1C(O)C2CCC1C([SH](=O)=O)C2. The molecular weight excluding hydrogens is 274 g/mol. The van der Waals surface area contributed by atoms with Gasteiger partial charge in [-0.15, -0.1) is 0 Å². The summed E-state index contributed by atoms with van der Waals surface area (Å²) in [7, 11) is -0.248. The lowest BCUT2D eigenvalue weighted by molar-refractivity contribution is -0.0864. The molecule has 0 amide bonds. The van der Waals surface area contributed by atoms with Gasteiger partial charge in [-0.2, -0.15) is 0 Å². The van der Waals surface area contributed by atoms with Crippen molar-refractivity contribution in [2.45, 2.75) is 74.8 Å². The monoisotopic (exact) mass is 301 g/mol. The first kappa shape index (κ1) is 14.8. The van der Waals surface area contributed by atoms with Crippen LogP contribution in [0.3, 0.4) is 0 Å². The molecule has 0 radical (unpaired) electrons. The Bertz CT molecular complexity index is 411. The van der Waals surface area contributed by atoms with Gasteiger partial charge in [0.25, 0.3) is 0 Å². The van der Waals surface area contributed by atoms with Crippen molar-refractivity contribution in [3.63, 3.8) is 0 Å². The molecule has 0 saturated heterocycles. The lowest BCUT2D eigenvalue weighted by atomic mass is 9.65. The molecule has 5 heteroatoms. The van der Waals surface area contributed by atoms with Crippen LogP contribution in [0.4, 0.5) is 0 Å². The molecule has 5 atom stereocenters. The van der Waals surface area contributed by atoms with Gasteiger partial charge in [0, 0.05) is 12.1 Å². The maximum Gasteiger partial charge on any atom is 0.143 e. The summed E-state index contributed by atoms with van der Waals surface area (Å²) < 4.78 is 23.1. The molecule has 0 aromatic heterocycles. The number of fused-ring (bicyclic) bond motifs is 3. The first-order chi connectivity index (χ1) is 9.59. The summed E-state index contributed by atoms with van der Waals surface area (Å²) in [6.45, 7) is 0. The van der Waals surface area contributed by atoms with E-state index in [0.29, 0.717) is 12.5 Å². The van der Waals surface area contributed by atoms with E-state index in [9.17, 15) is 13.5 Å². The summed E-state index contributed by atoms with van der Waals surface area (Å²) >= 11 is 0. The minimum absolute atomic E-state index is 0.0588. The molecule has 4 aliphatic rings. The highest BCUT2D eigenvalue weighted by molar-refractivity contribution is 7.73. The van der Waals surface area contributed by atoms with Crippen LogP contribution >= 0.6 is 0 Å². The van der Waals surface area contributed by atoms with Crippen molar-refractivity contribution in [1.29, 1.82) is 0 Å². The molecule has 5 unspecified atom stereocenters. The fraction of sp³-hybridized carbons (Fsp3) is 1.00. The van der Waals surface area contributed by atoms with E-state index in [1.807, 2.05) is 0 Å². The predicted molar refractivity (Wildman–Crippen MR) is 79.4 cm³/mol. The molecule has 20 heavy (non-hydrogen) atoms. The third-order valence-electron chi connectivity index (χ3n) is 6.07. The normalized spacial score (nSPS) is 42.5. The van der Waals surface area contributed by atoms with Crippen LogP contribution in [0.1, 0.15) is 51.4 Å². The van der Waals surface area contributed by atoms with E-state index in [2.05, 4.69) is 11.9 Å². The fourth-order valence-electron chi connectivity index (χ4n) is 4.96. The third kappa shape index (κ3) is 2.53. The standard InChI is InChI=1S/C15H27NO3S/c1-16(11-5-3-2-4-6-11)14-12-8-7-10(15(14)17)9-13(12)20(18)19/h10-15,17,20H,2-9H2,1H3. The molecule has 0 aromatic carbocycles. The zero-order valence-electron chi connectivity index (χ0n) is 12.3. The van der Waals surface area contributed by atoms with Crippen molar-refractivity contribution in [2.24, 2.45) is 11.8 Å². The molecule has 116 valence electrons. The number of nitrogens with zero attached hydrogens (tertiary/aromatic N) is 1. The molecule has 4 nitrogen and oxygen atoms in total. The average molecular weight is 301 g/mol. The Morgan fingerprint density at radius 3 is 2.40 bits per heavy atom. The van der Waals surface area contributed by atoms with E-state index >= 15 is 0 Å². The number of likely N-dealkylation sites (N-methyl/N-ethyl adjacent to an activating group) is 1. The van der Waals surface area contributed by atoms with Gasteiger partial charge in [0.1, 0.15) is 10.7 Å². The molecule has 2 bridgehead atoms. The fourth-order valence-corrected chi connectivity index (χ4v) is 6.04. The number of aliphatic hydroxyl groups excluding tert-OH is 1. The van der Waals surface area contributed by atoms with E-state index in [1.165, 1.54) is 32.1 Å². The molecule has 4 rings (SSSR count). The third-order valence-corrected chi connectivity index (χ3v) is 7.21. The molecule has 0 aliphatic heterocycles. The Morgan fingerprint density at radius 1 is 1.05 bits per heavy atom. The maximum atomic E-state index is 11.5. The Hall–Kier alpha value is -0.130. The Kier molecular flexibility index (Phi) is 4.39. The highest BCUT2D eigenvalue weighted by atomic mass is 32.2. The van der Waals surface area contributed by atoms with Crippen LogP contribution in [0, 0.1) is 11.8 Å². The second kappa shape index (κ2) is 5.93. The van der Waals surface area contributed by atoms with Crippen LogP contribution in [-0.4, -0.2) is 48.9 Å². The summed E-state index contributed by atoms with van der Waals surface area (Å²) in [4.78, 5) is 2.34. The maximum absolute atomic E-state index is 11.5. The number of hydrogen-bond acceptors (Lipinski definition) is 4. The van der Waals surface area contributed by atoms with Gasteiger partial charge in [-0.1, -0.05) is 19.3 Å². The topological polar surface area (TPSA) is 57.6 Å². The van der Waals surface area contributed by atoms with Crippen molar-refractivity contribution < 1.29 is 13.5 Å². The second-order valence-electron chi connectivity index (χ2n) is 7.03. The Morgan fingerprint density at radius 2 is 1.75 bits per heavy atom. The summed E-state index contributed by atoms with van der Waals surface area (Å²) in [6.07, 6.45) is 8.58. The summed E-state index contributed by atoms with van der Waals surface area (Å²) in [6, 6.07) is 0.594. The van der Waals surface area contributed by atoms with Gasteiger partial charge in [0.15, 0.2) is 0 Å². The van der Waals surface area contributed by atoms with Gasteiger partial charge in [-0.25, -0.2) is 8.42 Å². The molecule has 4 saturated carbocycles. The molecule has 0 heterocycles. The van der Waals surface area contributed by atoms with Crippen LogP contribution < -0.4 is 0 Å². The smallest absolute Gasteiger partial charge is 0.143 e. The molecule has 4 aliphatic carbocycles. The van der Waals surface area contributed by atoms with Gasteiger partial charge in [0.2, 0.25) is 0 Å². The van der Waals surface area contributed by atoms with Gasteiger partial charge in [0.05, 0.1) is 11.4 Å². The zero-order valence-corrected chi connectivity index (χ0v) is 13.2. The average Bonchev–Trinajstić information content (AvgIpc) is 2.48. The minimum Gasteiger partial charge on any atom is -0.391 e. The van der Waals surface area contributed by atoms with Crippen molar-refractivity contribution >= 4 is 10.7 Å². The lowest BCUT2D eigenvalue weighted by Crippen LogP contribution is -2.62. The summed E-state index contributed by atoms with van der Waals surface area (Å²) in [5.41, 5.74) is 0. The van der Waals surface area contributed by atoms with E-state index in [1.54, 1.807) is 0 Å². The van der Waals surface area contributed by atoms with Crippen LogP contribution in [0.2, 0.25) is 0 Å². The molecule has 1 N–H and O–H groups in total. The van der Waals surface area contributed by atoms with Crippen LogP contribution in [0.15, 0.2) is 0 Å². The minimum atomic E-state index is -2.36. The Balaban J connectivity index is 1.79. The lowest BCUT2D eigenvalue weighted by Gasteiger charge is -2.53. The van der Waals surface area contributed by atoms with Gasteiger partial charge in [-0.3, -0.25) is 4.90 Å². The van der Waals surface area contributed by atoms with E-state index in [0.717, 1.165) is 12.8 Å². The van der Waals surface area contributed by atoms with Crippen molar-refractivity contribution in [3.05, 3.63) is 0 Å². The van der Waals surface area contributed by atoms with Crippen LogP contribution in [0.25, 0.3) is 0 Å². The summed E-state index contributed by atoms with van der Waals surface area (Å²) in [5, 5.41) is 10.4. The largest absolute Gasteiger partial charge is 0.391 e. The van der Waals surface area contributed by atoms with E-state index < -0.39 is 10.7 Å². The van der Waals surface area contributed by atoms with E-state index in [-0.39, 0.29) is 29.2 Å². The second-order valence-corrected chi connectivity index (χ2v) is 8.26. The summed E-state index contributed by atoms with van der Waals surface area (Å²) in [5.74, 6) is 0.331. The highest BCUT2D eigenvalue weighted by Crippen LogP contribution is 2.45. The number of thiol groups is 1. The predicted octanol–water partition coefficient (Wildman–Crippen LogP) is 1.39.